The second kappa shape index (κ2) is 5.74. The molecule has 0 N–H and O–H groups in total. The van der Waals surface area contributed by atoms with Crippen LogP contribution in [0.5, 0.6) is 0 Å². The number of halogens is 1. The molecule has 2 aromatic rings. The van der Waals surface area contributed by atoms with E-state index < -0.39 is 0 Å². The standard InChI is InChI=1S/C19H17FN2O2/c20-15-5-7-16(8-6-15)22-12-14(11-18(22)23)19(24)21-10-9-13-3-1-2-4-17(13)21/h1-8,14H,9-12H2/t14-/m1/s1. The van der Waals surface area contributed by atoms with E-state index in [1.54, 1.807) is 21.9 Å². The minimum Gasteiger partial charge on any atom is -0.312 e. The van der Waals surface area contributed by atoms with Crippen LogP contribution in [0.2, 0.25) is 0 Å². The van der Waals surface area contributed by atoms with Gasteiger partial charge in [0, 0.05) is 30.9 Å². The summed E-state index contributed by atoms with van der Waals surface area (Å²) in [5.74, 6) is -0.786. The summed E-state index contributed by atoms with van der Waals surface area (Å²) in [5, 5.41) is 0. The zero-order valence-electron chi connectivity index (χ0n) is 13.1. The number of fused-ring (bicyclic) bond motifs is 1. The Morgan fingerprint density at radius 2 is 1.83 bits per heavy atom. The molecule has 1 saturated heterocycles. The van der Waals surface area contributed by atoms with Crippen molar-refractivity contribution in [2.45, 2.75) is 12.8 Å². The summed E-state index contributed by atoms with van der Waals surface area (Å²) in [6.07, 6.45) is 1.05. The Bertz CT molecular complexity index is 803. The maximum Gasteiger partial charge on any atom is 0.232 e. The van der Waals surface area contributed by atoms with Crippen LogP contribution < -0.4 is 9.80 Å². The molecule has 122 valence electrons. The van der Waals surface area contributed by atoms with Gasteiger partial charge in [0.25, 0.3) is 0 Å². The first-order chi connectivity index (χ1) is 11.6. The van der Waals surface area contributed by atoms with E-state index in [1.165, 1.54) is 17.7 Å². The number of benzene rings is 2. The number of para-hydroxylation sites is 1. The molecular weight excluding hydrogens is 307 g/mol. The average molecular weight is 324 g/mol. The van der Waals surface area contributed by atoms with Crippen LogP contribution in [0.4, 0.5) is 15.8 Å². The van der Waals surface area contributed by atoms with Crippen molar-refractivity contribution in [3.05, 3.63) is 59.9 Å². The monoisotopic (exact) mass is 324 g/mol. The number of nitrogens with zero attached hydrogens (tertiary/aromatic N) is 2. The molecule has 0 saturated carbocycles. The summed E-state index contributed by atoms with van der Waals surface area (Å²) in [6, 6.07) is 13.7. The van der Waals surface area contributed by atoms with Crippen LogP contribution in [-0.2, 0) is 16.0 Å². The Balaban J connectivity index is 1.53. The predicted octanol–water partition coefficient (Wildman–Crippen LogP) is 2.77. The molecule has 4 nitrogen and oxygen atoms in total. The minimum atomic E-state index is -0.353. The first-order valence-corrected chi connectivity index (χ1v) is 8.09. The smallest absolute Gasteiger partial charge is 0.232 e. The number of amides is 2. The van der Waals surface area contributed by atoms with Crippen molar-refractivity contribution < 1.29 is 14.0 Å². The molecule has 1 atom stereocenters. The van der Waals surface area contributed by atoms with E-state index in [0.717, 1.165) is 12.1 Å². The fourth-order valence-electron chi connectivity index (χ4n) is 3.53. The second-order valence-electron chi connectivity index (χ2n) is 6.25. The van der Waals surface area contributed by atoms with E-state index in [0.29, 0.717) is 18.8 Å². The summed E-state index contributed by atoms with van der Waals surface area (Å²) < 4.78 is 13.1. The fraction of sp³-hybridized carbons (Fsp3) is 0.263. The van der Waals surface area contributed by atoms with Gasteiger partial charge in [-0.15, -0.1) is 0 Å². The first-order valence-electron chi connectivity index (χ1n) is 8.09. The van der Waals surface area contributed by atoms with Crippen molar-refractivity contribution in [3.63, 3.8) is 0 Å². The fourth-order valence-corrected chi connectivity index (χ4v) is 3.53. The Hall–Kier alpha value is -2.69. The maximum atomic E-state index is 13.1. The summed E-state index contributed by atoms with van der Waals surface area (Å²) in [7, 11) is 0. The molecule has 0 unspecified atom stereocenters. The van der Waals surface area contributed by atoms with Crippen LogP contribution in [0.15, 0.2) is 48.5 Å². The lowest BCUT2D eigenvalue weighted by Crippen LogP contribution is -2.36. The maximum absolute atomic E-state index is 13.1. The third-order valence-corrected chi connectivity index (χ3v) is 4.77. The topological polar surface area (TPSA) is 40.6 Å². The minimum absolute atomic E-state index is 0.00193. The lowest BCUT2D eigenvalue weighted by molar-refractivity contribution is -0.124. The lowest BCUT2D eigenvalue weighted by atomic mass is 10.1. The highest BCUT2D eigenvalue weighted by molar-refractivity contribution is 6.05. The number of rotatable bonds is 2. The largest absolute Gasteiger partial charge is 0.312 e. The second-order valence-corrected chi connectivity index (χ2v) is 6.25. The van der Waals surface area contributed by atoms with Crippen molar-refractivity contribution in [1.82, 2.24) is 0 Å². The first kappa shape index (κ1) is 14.9. The number of hydrogen-bond donors (Lipinski definition) is 0. The predicted molar refractivity (Wildman–Crippen MR) is 89.4 cm³/mol. The number of anilines is 2. The molecule has 2 aliphatic rings. The molecule has 0 spiro atoms. The van der Waals surface area contributed by atoms with Crippen LogP contribution in [0, 0.1) is 11.7 Å². The third-order valence-electron chi connectivity index (χ3n) is 4.77. The highest BCUT2D eigenvalue weighted by Gasteiger charge is 2.38. The van der Waals surface area contributed by atoms with Gasteiger partial charge in [0.1, 0.15) is 5.82 Å². The normalized spacial score (nSPS) is 19.7. The van der Waals surface area contributed by atoms with Gasteiger partial charge >= 0.3 is 0 Å². The Morgan fingerprint density at radius 3 is 2.62 bits per heavy atom. The molecule has 4 rings (SSSR count). The quantitative estimate of drug-likeness (QED) is 0.852. The number of hydrogen-bond acceptors (Lipinski definition) is 2. The van der Waals surface area contributed by atoms with Crippen molar-refractivity contribution in [2.24, 2.45) is 5.92 Å². The lowest BCUT2D eigenvalue weighted by Gasteiger charge is -2.21. The molecule has 0 radical (unpaired) electrons. The molecule has 0 aliphatic carbocycles. The third kappa shape index (κ3) is 2.46. The highest BCUT2D eigenvalue weighted by atomic mass is 19.1. The van der Waals surface area contributed by atoms with E-state index in [1.807, 2.05) is 24.3 Å². The van der Waals surface area contributed by atoms with Crippen LogP contribution >= 0.6 is 0 Å². The Kier molecular flexibility index (Phi) is 3.56. The summed E-state index contributed by atoms with van der Waals surface area (Å²) in [6.45, 7) is 1.02. The molecule has 5 heteroatoms. The number of carbonyl (C=O) groups excluding carboxylic acids is 2. The molecule has 0 bridgehead atoms. The van der Waals surface area contributed by atoms with Crippen LogP contribution in [0.25, 0.3) is 0 Å². The molecule has 1 fully saturated rings. The van der Waals surface area contributed by atoms with E-state index in [9.17, 15) is 14.0 Å². The van der Waals surface area contributed by atoms with Gasteiger partial charge in [-0.1, -0.05) is 18.2 Å². The molecule has 0 aromatic heterocycles. The Labute approximate surface area is 139 Å². The van der Waals surface area contributed by atoms with Gasteiger partial charge in [0.2, 0.25) is 11.8 Å². The van der Waals surface area contributed by atoms with Gasteiger partial charge in [0.15, 0.2) is 0 Å². The molecule has 2 amide bonds. The van der Waals surface area contributed by atoms with Gasteiger partial charge in [-0.2, -0.15) is 0 Å². The van der Waals surface area contributed by atoms with E-state index in [-0.39, 0.29) is 30.0 Å². The molecule has 24 heavy (non-hydrogen) atoms. The average Bonchev–Trinajstić information content (AvgIpc) is 3.19. The van der Waals surface area contributed by atoms with Crippen molar-refractivity contribution in [2.75, 3.05) is 22.9 Å². The number of carbonyl (C=O) groups is 2. The van der Waals surface area contributed by atoms with Crippen LogP contribution in [0.3, 0.4) is 0 Å². The van der Waals surface area contributed by atoms with Gasteiger partial charge in [0.05, 0.1) is 5.92 Å². The van der Waals surface area contributed by atoms with Gasteiger partial charge in [-0.3, -0.25) is 9.59 Å². The summed E-state index contributed by atoms with van der Waals surface area (Å²) in [4.78, 5) is 28.5. The van der Waals surface area contributed by atoms with E-state index in [4.69, 9.17) is 0 Å². The Morgan fingerprint density at radius 1 is 1.08 bits per heavy atom. The molecule has 2 aliphatic heterocycles. The van der Waals surface area contributed by atoms with Gasteiger partial charge < -0.3 is 9.80 Å². The van der Waals surface area contributed by atoms with E-state index in [2.05, 4.69) is 0 Å². The summed E-state index contributed by atoms with van der Waals surface area (Å²) in [5.41, 5.74) is 2.76. The molecule has 2 heterocycles. The zero-order chi connectivity index (χ0) is 16.7. The zero-order valence-corrected chi connectivity index (χ0v) is 13.1. The molecular formula is C19H17FN2O2. The van der Waals surface area contributed by atoms with Crippen molar-refractivity contribution in [1.29, 1.82) is 0 Å². The summed E-state index contributed by atoms with van der Waals surface area (Å²) >= 11 is 0. The van der Waals surface area contributed by atoms with Crippen LogP contribution in [0.1, 0.15) is 12.0 Å². The van der Waals surface area contributed by atoms with Crippen molar-refractivity contribution in [3.8, 4) is 0 Å². The van der Waals surface area contributed by atoms with E-state index >= 15 is 0 Å². The van der Waals surface area contributed by atoms with Gasteiger partial charge in [-0.05, 0) is 42.3 Å². The van der Waals surface area contributed by atoms with Crippen molar-refractivity contribution >= 4 is 23.2 Å². The van der Waals surface area contributed by atoms with Gasteiger partial charge in [-0.25, -0.2) is 4.39 Å². The SMILES string of the molecule is O=C1C[C@@H](C(=O)N2CCc3ccccc32)CN1c1ccc(F)cc1. The van der Waals surface area contributed by atoms with Crippen LogP contribution in [-0.4, -0.2) is 24.9 Å². The molecule has 2 aromatic carbocycles. The highest BCUT2D eigenvalue weighted by Crippen LogP contribution is 2.32.